The number of benzene rings is 3. The summed E-state index contributed by atoms with van der Waals surface area (Å²) in [5, 5.41) is 7.62. The van der Waals surface area contributed by atoms with Crippen molar-refractivity contribution in [1.82, 2.24) is 15.4 Å². The van der Waals surface area contributed by atoms with Crippen LogP contribution in [0.4, 0.5) is 11.6 Å². The molecule has 8 nitrogen and oxygen atoms in total. The number of fused-ring (bicyclic) bond motifs is 1. The lowest BCUT2D eigenvalue weighted by Gasteiger charge is -2.08. The summed E-state index contributed by atoms with van der Waals surface area (Å²) < 4.78 is 5.68. The van der Waals surface area contributed by atoms with Gasteiger partial charge in [-0.1, -0.05) is 31.2 Å². The van der Waals surface area contributed by atoms with Crippen molar-refractivity contribution in [2.75, 3.05) is 11.9 Å². The second-order valence-electron chi connectivity index (χ2n) is 7.22. The molecule has 0 saturated heterocycles. The first-order chi connectivity index (χ1) is 16.1. The molecular weight excluding hydrogens is 418 g/mol. The zero-order chi connectivity index (χ0) is 23.0. The van der Waals surface area contributed by atoms with Gasteiger partial charge in [-0.15, -0.1) is 0 Å². The van der Waals surface area contributed by atoms with Crippen LogP contribution >= 0.6 is 0 Å². The van der Waals surface area contributed by atoms with Gasteiger partial charge in [0.15, 0.2) is 0 Å². The molecule has 1 heterocycles. The summed E-state index contributed by atoms with van der Waals surface area (Å²) in [4.78, 5) is 31.7. The summed E-state index contributed by atoms with van der Waals surface area (Å²) in [7, 11) is 0. The number of ether oxygens (including phenoxy) is 1. The van der Waals surface area contributed by atoms with Crippen molar-refractivity contribution in [1.29, 1.82) is 0 Å². The van der Waals surface area contributed by atoms with Gasteiger partial charge in [0.25, 0.3) is 11.5 Å². The third kappa shape index (κ3) is 5.43. The number of para-hydroxylation sites is 2. The lowest BCUT2D eigenvalue weighted by molar-refractivity contribution is 0.0955. The van der Waals surface area contributed by atoms with Gasteiger partial charge < -0.3 is 10.1 Å². The number of hydrogen-bond acceptors (Lipinski definition) is 6. The van der Waals surface area contributed by atoms with Gasteiger partial charge in [0.05, 0.1) is 23.7 Å². The Kier molecular flexibility index (Phi) is 6.75. The molecule has 0 atom stereocenters. The Bertz CT molecular complexity index is 1350. The minimum absolute atomic E-state index is 0.223. The fourth-order valence-corrected chi connectivity index (χ4v) is 3.14. The minimum atomic E-state index is -0.345. The number of rotatable bonds is 8. The largest absolute Gasteiger partial charge is 0.493 e. The van der Waals surface area contributed by atoms with Gasteiger partial charge in [-0.2, -0.15) is 5.10 Å². The van der Waals surface area contributed by atoms with E-state index in [0.717, 1.165) is 12.0 Å². The van der Waals surface area contributed by atoms with E-state index < -0.39 is 0 Å². The number of hydrazone groups is 1. The van der Waals surface area contributed by atoms with Crippen LogP contribution in [0.2, 0.25) is 0 Å². The first-order valence-electron chi connectivity index (χ1n) is 10.6. The van der Waals surface area contributed by atoms with Crippen LogP contribution in [0.25, 0.3) is 10.9 Å². The number of hydrogen-bond donors (Lipinski definition) is 3. The molecule has 0 fully saturated rings. The van der Waals surface area contributed by atoms with Crippen LogP contribution in [0.15, 0.2) is 82.7 Å². The van der Waals surface area contributed by atoms with E-state index in [1.54, 1.807) is 48.7 Å². The van der Waals surface area contributed by atoms with Crippen molar-refractivity contribution >= 4 is 34.7 Å². The molecule has 166 valence electrons. The van der Waals surface area contributed by atoms with E-state index in [1.165, 1.54) is 0 Å². The van der Waals surface area contributed by atoms with Crippen molar-refractivity contribution in [2.45, 2.75) is 13.3 Å². The normalized spacial score (nSPS) is 10.9. The van der Waals surface area contributed by atoms with Gasteiger partial charge in [-0.3, -0.25) is 14.6 Å². The average Bonchev–Trinajstić information content (AvgIpc) is 2.84. The molecule has 1 amide bonds. The fourth-order valence-electron chi connectivity index (χ4n) is 3.14. The first kappa shape index (κ1) is 21.8. The van der Waals surface area contributed by atoms with Crippen LogP contribution in [0.5, 0.6) is 5.75 Å². The monoisotopic (exact) mass is 441 g/mol. The van der Waals surface area contributed by atoms with Crippen molar-refractivity contribution in [3.63, 3.8) is 0 Å². The molecule has 0 aliphatic heterocycles. The van der Waals surface area contributed by atoms with E-state index in [1.807, 2.05) is 37.3 Å². The van der Waals surface area contributed by atoms with Crippen molar-refractivity contribution in [3.05, 3.63) is 94.3 Å². The molecule has 0 unspecified atom stereocenters. The smallest absolute Gasteiger partial charge is 0.271 e. The predicted molar refractivity (Wildman–Crippen MR) is 129 cm³/mol. The molecule has 33 heavy (non-hydrogen) atoms. The number of carbonyl (C=O) groups excluding carboxylic acids is 1. The highest BCUT2D eigenvalue weighted by Gasteiger charge is 2.07. The molecule has 0 aliphatic carbocycles. The summed E-state index contributed by atoms with van der Waals surface area (Å²) in [6.45, 7) is 2.65. The molecule has 4 aromatic rings. The molecule has 0 aliphatic rings. The van der Waals surface area contributed by atoms with E-state index in [9.17, 15) is 9.59 Å². The van der Waals surface area contributed by atoms with Crippen LogP contribution in [0.3, 0.4) is 0 Å². The van der Waals surface area contributed by atoms with Crippen LogP contribution in [-0.4, -0.2) is 28.7 Å². The Morgan fingerprint density at radius 1 is 1.06 bits per heavy atom. The van der Waals surface area contributed by atoms with Gasteiger partial charge in [-0.25, -0.2) is 10.4 Å². The molecule has 8 heteroatoms. The Morgan fingerprint density at radius 3 is 2.64 bits per heavy atom. The van der Waals surface area contributed by atoms with E-state index >= 15 is 0 Å². The zero-order valence-electron chi connectivity index (χ0n) is 18.0. The Balaban J connectivity index is 1.40. The molecule has 3 aromatic carbocycles. The Morgan fingerprint density at radius 2 is 1.82 bits per heavy atom. The van der Waals surface area contributed by atoms with Gasteiger partial charge in [0.1, 0.15) is 5.75 Å². The number of amides is 1. The number of H-pyrrole nitrogens is 1. The lowest BCUT2D eigenvalue weighted by Crippen LogP contribution is -2.17. The molecule has 0 spiro atoms. The highest BCUT2D eigenvalue weighted by molar-refractivity contribution is 5.95. The summed E-state index contributed by atoms with van der Waals surface area (Å²) in [5.74, 6) is 0.694. The average molecular weight is 441 g/mol. The molecule has 0 saturated carbocycles. The maximum Gasteiger partial charge on any atom is 0.271 e. The molecular formula is C25H23N5O3. The number of nitrogens with one attached hydrogen (secondary N) is 3. The Labute approximate surface area is 190 Å². The van der Waals surface area contributed by atoms with E-state index in [0.29, 0.717) is 40.5 Å². The van der Waals surface area contributed by atoms with Gasteiger partial charge in [0.2, 0.25) is 5.95 Å². The van der Waals surface area contributed by atoms with Crippen molar-refractivity contribution in [2.24, 2.45) is 5.10 Å². The maximum absolute atomic E-state index is 12.4. The van der Waals surface area contributed by atoms with Crippen molar-refractivity contribution < 1.29 is 9.53 Å². The van der Waals surface area contributed by atoms with E-state index in [-0.39, 0.29) is 11.5 Å². The number of aromatic amines is 1. The third-order valence-electron chi connectivity index (χ3n) is 4.77. The van der Waals surface area contributed by atoms with E-state index in [2.05, 4.69) is 25.8 Å². The number of aromatic nitrogens is 2. The molecule has 0 radical (unpaired) electrons. The molecule has 3 N–H and O–H groups in total. The predicted octanol–water partition coefficient (Wildman–Crippen LogP) is 4.22. The molecule has 1 aromatic heterocycles. The highest BCUT2D eigenvalue weighted by Crippen LogP contribution is 2.17. The minimum Gasteiger partial charge on any atom is -0.493 e. The second-order valence-corrected chi connectivity index (χ2v) is 7.22. The van der Waals surface area contributed by atoms with Crippen LogP contribution in [-0.2, 0) is 0 Å². The Hall–Kier alpha value is -4.46. The van der Waals surface area contributed by atoms with Crippen LogP contribution < -0.4 is 21.0 Å². The summed E-state index contributed by atoms with van der Waals surface area (Å²) in [5.41, 5.74) is 4.79. The summed E-state index contributed by atoms with van der Waals surface area (Å²) in [6.07, 6.45) is 2.46. The number of carbonyl (C=O) groups is 1. The zero-order valence-corrected chi connectivity index (χ0v) is 18.0. The molecule has 4 rings (SSSR count). The lowest BCUT2D eigenvalue weighted by atomic mass is 10.2. The van der Waals surface area contributed by atoms with Gasteiger partial charge >= 0.3 is 0 Å². The summed E-state index contributed by atoms with van der Waals surface area (Å²) in [6, 6.07) is 21.4. The fraction of sp³-hybridized carbons (Fsp3) is 0.120. The van der Waals surface area contributed by atoms with E-state index in [4.69, 9.17) is 4.74 Å². The van der Waals surface area contributed by atoms with Crippen LogP contribution in [0, 0.1) is 0 Å². The second kappa shape index (κ2) is 10.2. The first-order valence-corrected chi connectivity index (χ1v) is 10.6. The number of nitrogens with zero attached hydrogens (tertiary/aromatic N) is 2. The maximum atomic E-state index is 12.4. The topological polar surface area (TPSA) is 108 Å². The summed E-state index contributed by atoms with van der Waals surface area (Å²) >= 11 is 0. The molecule has 0 bridgehead atoms. The quantitative estimate of drug-likeness (QED) is 0.280. The van der Waals surface area contributed by atoms with Crippen LogP contribution in [0.1, 0.15) is 29.3 Å². The standard InChI is InChI=1S/C25H23N5O3/c1-2-15-33-22-10-6-3-7-18(22)16-26-30-23(31)17-11-13-19(14-12-17)27-25-28-21-9-5-4-8-20(21)24(32)29-25/h3-14,16H,2,15H2,1H3,(H,30,31)(H2,27,28,29,32)/b26-16-. The third-order valence-corrected chi connectivity index (χ3v) is 4.77. The highest BCUT2D eigenvalue weighted by atomic mass is 16.5. The van der Waals surface area contributed by atoms with Crippen molar-refractivity contribution in [3.8, 4) is 5.75 Å². The SMILES string of the molecule is CCCOc1ccccc1/C=N\NC(=O)c1ccc(Nc2nc3ccccc3c(=O)[nH]2)cc1. The van der Waals surface area contributed by atoms with Gasteiger partial charge in [0, 0.05) is 16.8 Å². The number of anilines is 2. The van der Waals surface area contributed by atoms with Gasteiger partial charge in [-0.05, 0) is 55.0 Å².